The largest absolute Gasteiger partial charge is 0.335 e. The molecule has 0 unspecified atom stereocenters. The Balaban J connectivity index is 1.33. The molecule has 1 saturated carbocycles. The lowest BCUT2D eigenvalue weighted by Crippen LogP contribution is -2.50. The number of hydrogen-bond donors (Lipinski definition) is 1. The summed E-state index contributed by atoms with van der Waals surface area (Å²) in [6.45, 7) is 1.29. The Bertz CT molecular complexity index is 982. The quantitative estimate of drug-likeness (QED) is 0.838. The highest BCUT2D eigenvalue weighted by atomic mass is 19.2. The smallest absolute Gasteiger partial charge is 0.254 e. The van der Waals surface area contributed by atoms with Crippen LogP contribution in [0.2, 0.25) is 0 Å². The van der Waals surface area contributed by atoms with Crippen molar-refractivity contribution < 1.29 is 23.2 Å². The number of hydrogen-bond acceptors (Lipinski definition) is 3. The molecule has 8 heteroatoms. The van der Waals surface area contributed by atoms with E-state index < -0.39 is 17.5 Å². The summed E-state index contributed by atoms with van der Waals surface area (Å²) in [5.74, 6) is -2.49. The van der Waals surface area contributed by atoms with Gasteiger partial charge in [-0.3, -0.25) is 14.4 Å². The van der Waals surface area contributed by atoms with Crippen LogP contribution in [0.3, 0.4) is 0 Å². The number of piperazine rings is 1. The molecule has 1 saturated heterocycles. The number of halogens is 2. The van der Waals surface area contributed by atoms with Gasteiger partial charge in [-0.25, -0.2) is 8.78 Å². The molecule has 4 rings (SSSR count). The Morgan fingerprint density at radius 2 is 1.30 bits per heavy atom. The van der Waals surface area contributed by atoms with Gasteiger partial charge in [-0.15, -0.1) is 0 Å². The average molecular weight is 413 g/mol. The zero-order valence-electron chi connectivity index (χ0n) is 16.2. The molecular weight excluding hydrogens is 392 g/mol. The maximum atomic E-state index is 13.4. The fraction of sp³-hybridized carbons (Fsp3) is 0.318. The predicted octanol–water partition coefficient (Wildman–Crippen LogP) is 2.91. The third-order valence-corrected chi connectivity index (χ3v) is 5.37. The van der Waals surface area contributed by atoms with Gasteiger partial charge < -0.3 is 15.1 Å². The van der Waals surface area contributed by atoms with E-state index in [1.807, 2.05) is 0 Å². The Morgan fingerprint density at radius 3 is 1.83 bits per heavy atom. The summed E-state index contributed by atoms with van der Waals surface area (Å²) in [6, 6.07) is 9.82. The second-order valence-electron chi connectivity index (χ2n) is 7.55. The highest BCUT2D eigenvalue weighted by molar-refractivity contribution is 5.97. The minimum absolute atomic E-state index is 0.0101. The first-order valence-electron chi connectivity index (χ1n) is 9.87. The molecule has 1 aliphatic heterocycles. The van der Waals surface area contributed by atoms with Crippen LogP contribution in [0, 0.1) is 17.6 Å². The van der Waals surface area contributed by atoms with Crippen LogP contribution in [-0.2, 0) is 4.79 Å². The molecular formula is C22H21F2N3O3. The second kappa shape index (κ2) is 8.22. The molecule has 0 spiro atoms. The summed E-state index contributed by atoms with van der Waals surface area (Å²) in [4.78, 5) is 40.2. The fourth-order valence-electron chi connectivity index (χ4n) is 3.39. The van der Waals surface area contributed by atoms with Crippen LogP contribution < -0.4 is 5.32 Å². The van der Waals surface area contributed by atoms with E-state index in [1.54, 1.807) is 29.2 Å². The van der Waals surface area contributed by atoms with E-state index in [-0.39, 0.29) is 23.3 Å². The summed E-state index contributed by atoms with van der Waals surface area (Å²) in [5.41, 5.74) is 1.24. The Hall–Kier alpha value is -3.29. The number of benzene rings is 2. The average Bonchev–Trinajstić information content (AvgIpc) is 3.61. The first-order chi connectivity index (χ1) is 14.4. The van der Waals surface area contributed by atoms with E-state index in [0.717, 1.165) is 25.0 Å². The standard InChI is InChI=1S/C22H21F2N3O3/c23-18-8-5-16(13-19(18)24)22(30)27-11-9-26(10-12-27)21(29)15-3-6-17(7-4-15)25-20(28)14-1-2-14/h3-8,13-14H,1-2,9-12H2,(H,25,28). The van der Waals surface area contributed by atoms with Crippen LogP contribution in [0.25, 0.3) is 0 Å². The summed E-state index contributed by atoms with van der Waals surface area (Å²) >= 11 is 0. The van der Waals surface area contributed by atoms with Gasteiger partial charge in [0, 0.05) is 48.9 Å². The minimum atomic E-state index is -1.06. The molecule has 2 aromatic carbocycles. The van der Waals surface area contributed by atoms with E-state index >= 15 is 0 Å². The molecule has 0 atom stereocenters. The van der Waals surface area contributed by atoms with Crippen LogP contribution in [0.4, 0.5) is 14.5 Å². The molecule has 1 heterocycles. The van der Waals surface area contributed by atoms with Gasteiger partial charge in [0.15, 0.2) is 11.6 Å². The van der Waals surface area contributed by atoms with Crippen molar-refractivity contribution in [2.24, 2.45) is 5.92 Å². The van der Waals surface area contributed by atoms with Gasteiger partial charge in [0.05, 0.1) is 0 Å². The predicted molar refractivity (Wildman–Crippen MR) is 106 cm³/mol. The third-order valence-electron chi connectivity index (χ3n) is 5.37. The maximum Gasteiger partial charge on any atom is 0.254 e. The zero-order chi connectivity index (χ0) is 21.3. The second-order valence-corrected chi connectivity index (χ2v) is 7.55. The van der Waals surface area contributed by atoms with Gasteiger partial charge in [-0.05, 0) is 55.3 Å². The molecule has 3 amide bonds. The molecule has 156 valence electrons. The first kappa shape index (κ1) is 20.0. The molecule has 0 bridgehead atoms. The van der Waals surface area contributed by atoms with Crippen molar-refractivity contribution in [1.29, 1.82) is 0 Å². The molecule has 0 aromatic heterocycles. The molecule has 2 fully saturated rings. The van der Waals surface area contributed by atoms with Crippen LogP contribution in [0.15, 0.2) is 42.5 Å². The lowest BCUT2D eigenvalue weighted by molar-refractivity contribution is -0.117. The van der Waals surface area contributed by atoms with E-state index in [9.17, 15) is 23.2 Å². The molecule has 1 aliphatic carbocycles. The molecule has 0 radical (unpaired) electrons. The van der Waals surface area contributed by atoms with E-state index in [0.29, 0.717) is 37.4 Å². The van der Waals surface area contributed by atoms with Gasteiger partial charge in [0.2, 0.25) is 5.91 Å². The first-order valence-corrected chi connectivity index (χ1v) is 9.87. The number of rotatable bonds is 4. The van der Waals surface area contributed by atoms with Crippen molar-refractivity contribution in [3.63, 3.8) is 0 Å². The number of nitrogens with one attached hydrogen (secondary N) is 1. The number of carbonyl (C=O) groups is 3. The Morgan fingerprint density at radius 1 is 0.767 bits per heavy atom. The van der Waals surface area contributed by atoms with Gasteiger partial charge in [0.25, 0.3) is 11.8 Å². The van der Waals surface area contributed by atoms with Crippen molar-refractivity contribution in [2.75, 3.05) is 31.5 Å². The molecule has 6 nitrogen and oxygen atoms in total. The summed E-state index contributed by atoms with van der Waals surface area (Å²) in [7, 11) is 0. The van der Waals surface area contributed by atoms with Crippen molar-refractivity contribution in [3.05, 3.63) is 65.2 Å². The van der Waals surface area contributed by atoms with Gasteiger partial charge in [0.1, 0.15) is 0 Å². The molecule has 2 aromatic rings. The van der Waals surface area contributed by atoms with Crippen molar-refractivity contribution in [3.8, 4) is 0 Å². The summed E-state index contributed by atoms with van der Waals surface area (Å²) in [6.07, 6.45) is 1.85. The number of carbonyl (C=O) groups excluding carboxylic acids is 3. The maximum absolute atomic E-state index is 13.4. The zero-order valence-corrected chi connectivity index (χ0v) is 16.2. The Labute approximate surface area is 172 Å². The van der Waals surface area contributed by atoms with Gasteiger partial charge in [-0.2, -0.15) is 0 Å². The van der Waals surface area contributed by atoms with Crippen LogP contribution in [0.1, 0.15) is 33.6 Å². The Kier molecular flexibility index (Phi) is 5.48. The fourth-order valence-corrected chi connectivity index (χ4v) is 3.39. The van der Waals surface area contributed by atoms with Crippen LogP contribution >= 0.6 is 0 Å². The normalized spacial score (nSPS) is 16.3. The molecule has 2 aliphatic rings. The van der Waals surface area contributed by atoms with E-state index in [1.165, 1.54) is 11.0 Å². The third kappa shape index (κ3) is 4.32. The van der Waals surface area contributed by atoms with Crippen molar-refractivity contribution >= 4 is 23.4 Å². The number of anilines is 1. The van der Waals surface area contributed by atoms with Crippen LogP contribution in [0.5, 0.6) is 0 Å². The lowest BCUT2D eigenvalue weighted by Gasteiger charge is -2.35. The highest BCUT2D eigenvalue weighted by Gasteiger charge is 2.30. The van der Waals surface area contributed by atoms with Gasteiger partial charge >= 0.3 is 0 Å². The van der Waals surface area contributed by atoms with Crippen molar-refractivity contribution in [1.82, 2.24) is 9.80 Å². The highest BCUT2D eigenvalue weighted by Crippen LogP contribution is 2.30. The SMILES string of the molecule is O=C(Nc1ccc(C(=O)N2CCN(C(=O)c3ccc(F)c(F)c3)CC2)cc1)C1CC1. The van der Waals surface area contributed by atoms with Gasteiger partial charge in [-0.1, -0.05) is 0 Å². The van der Waals surface area contributed by atoms with E-state index in [2.05, 4.69) is 5.32 Å². The number of nitrogens with zero attached hydrogens (tertiary/aromatic N) is 2. The monoisotopic (exact) mass is 413 g/mol. The minimum Gasteiger partial charge on any atom is -0.335 e. The topological polar surface area (TPSA) is 69.7 Å². The summed E-state index contributed by atoms with van der Waals surface area (Å²) < 4.78 is 26.4. The number of amides is 3. The van der Waals surface area contributed by atoms with E-state index in [4.69, 9.17) is 0 Å². The molecule has 1 N–H and O–H groups in total. The van der Waals surface area contributed by atoms with Crippen LogP contribution in [-0.4, -0.2) is 53.7 Å². The summed E-state index contributed by atoms with van der Waals surface area (Å²) in [5, 5.41) is 2.83. The van der Waals surface area contributed by atoms with Crippen molar-refractivity contribution in [2.45, 2.75) is 12.8 Å². The lowest BCUT2D eigenvalue weighted by atomic mass is 10.1. The molecule has 30 heavy (non-hydrogen) atoms.